The van der Waals surface area contributed by atoms with Crippen molar-refractivity contribution in [1.82, 2.24) is 9.78 Å². The highest BCUT2D eigenvalue weighted by Crippen LogP contribution is 2.22. The minimum absolute atomic E-state index is 0.320. The summed E-state index contributed by atoms with van der Waals surface area (Å²) in [7, 11) is -3.63. The van der Waals surface area contributed by atoms with Gasteiger partial charge in [0, 0.05) is 6.07 Å². The molecule has 1 heterocycles. The van der Waals surface area contributed by atoms with E-state index >= 15 is 0 Å². The molecule has 1 N–H and O–H groups in total. The third-order valence-corrected chi connectivity index (χ3v) is 5.60. The third-order valence-electron chi connectivity index (χ3n) is 4.47. The first-order chi connectivity index (χ1) is 13.7. The van der Waals surface area contributed by atoms with Gasteiger partial charge in [0.25, 0.3) is 0 Å². The van der Waals surface area contributed by atoms with Gasteiger partial charge in [0.05, 0.1) is 24.7 Å². The second-order valence-electron chi connectivity index (χ2n) is 6.97. The molecular formula is C21H24N4O3S. The fourth-order valence-electron chi connectivity index (χ4n) is 3.09. The lowest BCUT2D eigenvalue weighted by Gasteiger charge is -2.23. The second kappa shape index (κ2) is 8.48. The molecule has 0 aliphatic heterocycles. The van der Waals surface area contributed by atoms with Crippen molar-refractivity contribution in [2.24, 2.45) is 0 Å². The van der Waals surface area contributed by atoms with Crippen LogP contribution in [0.5, 0.6) is 0 Å². The summed E-state index contributed by atoms with van der Waals surface area (Å²) in [4.78, 5) is 12.7. The number of rotatable bonds is 7. The Labute approximate surface area is 171 Å². The van der Waals surface area contributed by atoms with Gasteiger partial charge in [0.15, 0.2) is 0 Å². The Balaban J connectivity index is 1.77. The normalized spacial score (nSPS) is 11.3. The predicted molar refractivity (Wildman–Crippen MR) is 115 cm³/mol. The van der Waals surface area contributed by atoms with Crippen molar-refractivity contribution in [2.75, 3.05) is 22.4 Å². The van der Waals surface area contributed by atoms with Crippen molar-refractivity contribution < 1.29 is 13.2 Å². The highest BCUT2D eigenvalue weighted by molar-refractivity contribution is 7.92. The number of sulfonamides is 1. The number of carbonyl (C=O) groups excluding carboxylic acids is 1. The van der Waals surface area contributed by atoms with Crippen molar-refractivity contribution in [3.05, 3.63) is 77.5 Å². The Morgan fingerprint density at radius 1 is 1.10 bits per heavy atom. The summed E-state index contributed by atoms with van der Waals surface area (Å²) in [6.45, 7) is 4.00. The van der Waals surface area contributed by atoms with Crippen molar-refractivity contribution in [2.45, 2.75) is 20.4 Å². The second-order valence-corrected chi connectivity index (χ2v) is 8.87. The molecular weight excluding hydrogens is 388 g/mol. The zero-order valence-electron chi connectivity index (χ0n) is 16.7. The average Bonchev–Trinajstić information content (AvgIpc) is 3.06. The van der Waals surface area contributed by atoms with E-state index in [0.29, 0.717) is 18.1 Å². The molecule has 0 bridgehead atoms. The zero-order chi connectivity index (χ0) is 21.0. The van der Waals surface area contributed by atoms with E-state index in [2.05, 4.69) is 16.5 Å². The van der Waals surface area contributed by atoms with Gasteiger partial charge in [-0.15, -0.1) is 0 Å². The predicted octanol–water partition coefficient (Wildman–Crippen LogP) is 2.95. The van der Waals surface area contributed by atoms with E-state index in [1.807, 2.05) is 44.2 Å². The van der Waals surface area contributed by atoms with Crippen LogP contribution in [0.3, 0.4) is 0 Å². The average molecular weight is 413 g/mol. The van der Waals surface area contributed by atoms with E-state index in [9.17, 15) is 13.2 Å². The molecule has 0 saturated carbocycles. The molecule has 0 aliphatic carbocycles. The molecule has 0 atom stereocenters. The van der Waals surface area contributed by atoms with E-state index in [4.69, 9.17) is 0 Å². The largest absolute Gasteiger partial charge is 0.309 e. The van der Waals surface area contributed by atoms with Gasteiger partial charge in [0.2, 0.25) is 15.9 Å². The molecule has 2 aromatic carbocycles. The van der Waals surface area contributed by atoms with Gasteiger partial charge in [0.1, 0.15) is 12.4 Å². The first-order valence-electron chi connectivity index (χ1n) is 9.14. The van der Waals surface area contributed by atoms with Crippen molar-refractivity contribution >= 4 is 27.4 Å². The van der Waals surface area contributed by atoms with Crippen LogP contribution in [0.4, 0.5) is 11.5 Å². The van der Waals surface area contributed by atoms with E-state index < -0.39 is 15.9 Å². The summed E-state index contributed by atoms with van der Waals surface area (Å²) in [6, 6.07) is 16.8. The van der Waals surface area contributed by atoms with Gasteiger partial charge in [-0.25, -0.2) is 13.1 Å². The van der Waals surface area contributed by atoms with Crippen LogP contribution in [0.1, 0.15) is 16.7 Å². The van der Waals surface area contributed by atoms with E-state index in [-0.39, 0.29) is 6.54 Å². The fourth-order valence-corrected chi connectivity index (χ4v) is 4.00. The lowest BCUT2D eigenvalue weighted by atomic mass is 10.1. The van der Waals surface area contributed by atoms with Gasteiger partial charge in [-0.1, -0.05) is 48.0 Å². The van der Waals surface area contributed by atoms with Crippen LogP contribution >= 0.6 is 0 Å². The van der Waals surface area contributed by atoms with Crippen molar-refractivity contribution in [3.63, 3.8) is 0 Å². The van der Waals surface area contributed by atoms with E-state index in [1.165, 1.54) is 0 Å². The number of aryl methyl sites for hydroxylation is 2. The SMILES string of the molecule is Cc1cccc(Cn2nccc2NC(=O)CN(c2ccccc2C)S(C)(=O)=O)c1. The number of benzene rings is 2. The van der Waals surface area contributed by atoms with Gasteiger partial charge in [-0.2, -0.15) is 5.10 Å². The quantitative estimate of drug-likeness (QED) is 0.647. The maximum Gasteiger partial charge on any atom is 0.246 e. The van der Waals surface area contributed by atoms with Crippen LogP contribution in [-0.4, -0.2) is 36.9 Å². The number of nitrogens with zero attached hydrogens (tertiary/aromatic N) is 3. The summed E-state index contributed by atoms with van der Waals surface area (Å²) in [6.07, 6.45) is 2.69. The smallest absolute Gasteiger partial charge is 0.246 e. The van der Waals surface area contributed by atoms with Gasteiger partial charge in [-0.05, 0) is 31.0 Å². The Hall–Kier alpha value is -3.13. The lowest BCUT2D eigenvalue weighted by molar-refractivity contribution is -0.114. The van der Waals surface area contributed by atoms with Crippen molar-refractivity contribution in [1.29, 1.82) is 0 Å². The topological polar surface area (TPSA) is 84.3 Å². The number of aromatic nitrogens is 2. The third kappa shape index (κ3) is 5.23. The summed E-state index contributed by atoms with van der Waals surface area (Å²) >= 11 is 0. The molecule has 0 unspecified atom stereocenters. The maximum atomic E-state index is 12.7. The molecule has 7 nitrogen and oxygen atoms in total. The summed E-state index contributed by atoms with van der Waals surface area (Å²) in [5.74, 6) is 0.0689. The van der Waals surface area contributed by atoms with Gasteiger partial charge >= 0.3 is 0 Å². The van der Waals surface area contributed by atoms with Gasteiger partial charge < -0.3 is 5.32 Å². The molecule has 0 radical (unpaired) electrons. The number of nitrogens with one attached hydrogen (secondary N) is 1. The molecule has 3 aromatic rings. The monoisotopic (exact) mass is 412 g/mol. The van der Waals surface area contributed by atoms with Gasteiger partial charge in [-0.3, -0.25) is 9.10 Å². The minimum atomic E-state index is -3.63. The van der Waals surface area contributed by atoms with Crippen LogP contribution in [0.15, 0.2) is 60.8 Å². The Bertz CT molecular complexity index is 1120. The van der Waals surface area contributed by atoms with Crippen LogP contribution in [0, 0.1) is 13.8 Å². The standard InChI is InChI=1S/C21H24N4O3S/c1-16-7-6-9-18(13-16)14-24-20(11-12-22-24)23-21(26)15-25(29(3,27)28)19-10-5-4-8-17(19)2/h4-13H,14-15H2,1-3H3,(H,23,26). The molecule has 3 rings (SSSR count). The molecule has 0 fully saturated rings. The van der Waals surface area contributed by atoms with Crippen LogP contribution in [0.25, 0.3) is 0 Å². The molecule has 1 amide bonds. The van der Waals surface area contributed by atoms with E-state index in [0.717, 1.165) is 27.3 Å². The zero-order valence-corrected chi connectivity index (χ0v) is 17.5. The fraction of sp³-hybridized carbons (Fsp3) is 0.238. The number of para-hydroxylation sites is 1. The van der Waals surface area contributed by atoms with Crippen LogP contribution in [0.2, 0.25) is 0 Å². The molecule has 0 aliphatic rings. The number of hydrogen-bond acceptors (Lipinski definition) is 4. The Morgan fingerprint density at radius 2 is 1.86 bits per heavy atom. The summed E-state index contributed by atoms with van der Waals surface area (Å²) in [5.41, 5.74) is 3.46. The van der Waals surface area contributed by atoms with Crippen LogP contribution in [-0.2, 0) is 21.4 Å². The number of carbonyl (C=O) groups is 1. The van der Waals surface area contributed by atoms with Crippen molar-refractivity contribution in [3.8, 4) is 0 Å². The molecule has 1 aromatic heterocycles. The highest BCUT2D eigenvalue weighted by Gasteiger charge is 2.22. The molecule has 8 heteroatoms. The van der Waals surface area contributed by atoms with E-state index in [1.54, 1.807) is 29.1 Å². The molecule has 0 spiro atoms. The first-order valence-corrected chi connectivity index (χ1v) is 11.0. The molecule has 0 saturated heterocycles. The Kier molecular flexibility index (Phi) is 6.03. The maximum absolute atomic E-state index is 12.7. The molecule has 152 valence electrons. The molecule has 29 heavy (non-hydrogen) atoms. The van der Waals surface area contributed by atoms with Crippen LogP contribution < -0.4 is 9.62 Å². The lowest BCUT2D eigenvalue weighted by Crippen LogP contribution is -2.38. The summed E-state index contributed by atoms with van der Waals surface area (Å²) < 4.78 is 27.4. The number of amides is 1. The Morgan fingerprint density at radius 3 is 2.55 bits per heavy atom. The number of hydrogen-bond donors (Lipinski definition) is 1. The minimum Gasteiger partial charge on any atom is -0.309 e. The number of anilines is 2. The first kappa shape index (κ1) is 20.6. The summed E-state index contributed by atoms with van der Waals surface area (Å²) in [5, 5.41) is 7.04. The highest BCUT2D eigenvalue weighted by atomic mass is 32.2.